The van der Waals surface area contributed by atoms with E-state index in [2.05, 4.69) is 71.2 Å². The monoisotopic (exact) mass is 438 g/mol. The first-order valence-electron chi connectivity index (χ1n) is 13.7. The first kappa shape index (κ1) is 20.3. The van der Waals surface area contributed by atoms with E-state index >= 15 is 0 Å². The van der Waals surface area contributed by atoms with E-state index in [1.165, 1.54) is 80.8 Å². The summed E-state index contributed by atoms with van der Waals surface area (Å²) in [5.74, 6) is 2.20. The molecule has 1 aliphatic heterocycles. The fourth-order valence-corrected chi connectivity index (χ4v) is 8.33. The average molecular weight is 439 g/mol. The van der Waals surface area contributed by atoms with E-state index in [1.54, 1.807) is 5.56 Å². The Morgan fingerprint density at radius 1 is 0.879 bits per heavy atom. The maximum Gasteiger partial charge on any atom is 0.0485 e. The third-order valence-corrected chi connectivity index (χ3v) is 9.83. The number of fused-ring (bicyclic) bond motifs is 6. The van der Waals surface area contributed by atoms with Crippen LogP contribution in [0.15, 0.2) is 54.1 Å². The van der Waals surface area contributed by atoms with Gasteiger partial charge < -0.3 is 4.57 Å². The van der Waals surface area contributed by atoms with Gasteiger partial charge in [-0.15, -0.1) is 0 Å². The molecule has 0 bridgehead atoms. The van der Waals surface area contributed by atoms with Gasteiger partial charge in [-0.2, -0.15) is 0 Å². The molecule has 5 aliphatic rings. The summed E-state index contributed by atoms with van der Waals surface area (Å²) in [6.45, 7) is 0. The van der Waals surface area contributed by atoms with Crippen LogP contribution in [-0.2, 0) is 13.5 Å². The molecule has 4 unspecified atom stereocenters. The van der Waals surface area contributed by atoms with Crippen LogP contribution in [0.1, 0.15) is 69.0 Å². The Hall–Kier alpha value is -2.06. The molecule has 2 heteroatoms. The lowest BCUT2D eigenvalue weighted by atomic mass is 9.72. The van der Waals surface area contributed by atoms with E-state index in [-0.39, 0.29) is 0 Å². The number of aryl methyl sites for hydroxylation is 1. The minimum atomic E-state index is 0.655. The molecule has 0 amide bonds. The first-order valence-corrected chi connectivity index (χ1v) is 13.7. The van der Waals surface area contributed by atoms with Gasteiger partial charge in [-0.05, 0) is 86.8 Å². The van der Waals surface area contributed by atoms with Crippen LogP contribution in [0.4, 0.5) is 0 Å². The maximum absolute atomic E-state index is 3.01. The van der Waals surface area contributed by atoms with Crippen LogP contribution in [-0.4, -0.2) is 27.6 Å². The van der Waals surface area contributed by atoms with Crippen molar-refractivity contribution in [2.24, 2.45) is 24.8 Å². The lowest BCUT2D eigenvalue weighted by molar-refractivity contribution is 0.105. The summed E-state index contributed by atoms with van der Waals surface area (Å²) >= 11 is 0. The second kappa shape index (κ2) is 8.01. The van der Waals surface area contributed by atoms with Crippen molar-refractivity contribution in [2.45, 2.75) is 82.3 Å². The van der Waals surface area contributed by atoms with E-state index in [0.29, 0.717) is 17.9 Å². The molecule has 2 fully saturated rings. The third-order valence-electron chi connectivity index (χ3n) is 9.83. The number of benzene rings is 1. The Morgan fingerprint density at radius 3 is 2.70 bits per heavy atom. The van der Waals surface area contributed by atoms with Gasteiger partial charge in [-0.25, -0.2) is 0 Å². The van der Waals surface area contributed by atoms with Crippen molar-refractivity contribution >= 4 is 17.0 Å². The Morgan fingerprint density at radius 2 is 1.79 bits per heavy atom. The lowest BCUT2D eigenvalue weighted by Gasteiger charge is -2.40. The molecule has 6 atom stereocenters. The standard InChI is InChI=1S/C31H38N2/c1-32-28-13-7-5-11-24(28)26-19-21(15-17-29(26)32)22-16-18-31-27(20-22)25-12-6-8-14-30(25)33(31)23-9-3-2-4-10-23/h3,5,7,9,11,13,15,17,20-23,25,30-31H,2,4,6,8,10,12,14,16,18-19H2,1H3/t21?,22-,23?,25-,30?,31?/m1/s1. The van der Waals surface area contributed by atoms with Crippen molar-refractivity contribution in [3.63, 3.8) is 0 Å². The molecular weight excluding hydrogens is 400 g/mol. The SMILES string of the molecule is Cn1c2c(c3ccccc31)CC([C@H]1C=C3C(CC1)N(C1C=CCCC1)C1CCCC[C@H]31)C=C2. The summed E-state index contributed by atoms with van der Waals surface area (Å²) in [4.78, 5) is 3.01. The Kier molecular flexibility index (Phi) is 4.94. The van der Waals surface area contributed by atoms with Gasteiger partial charge in [0.25, 0.3) is 0 Å². The molecule has 2 aromatic rings. The van der Waals surface area contributed by atoms with Gasteiger partial charge in [0.2, 0.25) is 0 Å². The van der Waals surface area contributed by atoms with Crippen molar-refractivity contribution < 1.29 is 0 Å². The van der Waals surface area contributed by atoms with Crippen molar-refractivity contribution in [2.75, 3.05) is 0 Å². The summed E-state index contributed by atoms with van der Waals surface area (Å²) in [5.41, 5.74) is 6.24. The molecule has 2 heterocycles. The summed E-state index contributed by atoms with van der Waals surface area (Å²) in [7, 11) is 2.23. The van der Waals surface area contributed by atoms with Crippen molar-refractivity contribution in [1.29, 1.82) is 0 Å². The molecule has 0 N–H and O–H groups in total. The van der Waals surface area contributed by atoms with Gasteiger partial charge in [0.15, 0.2) is 0 Å². The molecule has 4 aliphatic carbocycles. The minimum Gasteiger partial charge on any atom is -0.344 e. The minimum absolute atomic E-state index is 0.655. The van der Waals surface area contributed by atoms with Crippen LogP contribution in [0.2, 0.25) is 0 Å². The Labute approximate surface area is 199 Å². The van der Waals surface area contributed by atoms with Gasteiger partial charge in [0.1, 0.15) is 0 Å². The highest BCUT2D eigenvalue weighted by Crippen LogP contribution is 2.50. The molecule has 1 saturated carbocycles. The second-order valence-corrected chi connectivity index (χ2v) is 11.4. The van der Waals surface area contributed by atoms with Gasteiger partial charge >= 0.3 is 0 Å². The fraction of sp³-hybridized carbons (Fsp3) is 0.548. The van der Waals surface area contributed by atoms with Crippen LogP contribution < -0.4 is 0 Å². The maximum atomic E-state index is 3.01. The molecule has 1 saturated heterocycles. The van der Waals surface area contributed by atoms with Crippen LogP contribution >= 0.6 is 0 Å². The number of para-hydroxylation sites is 1. The van der Waals surface area contributed by atoms with Crippen LogP contribution in [0.25, 0.3) is 17.0 Å². The fourth-order valence-electron chi connectivity index (χ4n) is 8.33. The number of aromatic nitrogens is 1. The lowest BCUT2D eigenvalue weighted by Crippen LogP contribution is -2.46. The van der Waals surface area contributed by atoms with Crippen LogP contribution in [0.5, 0.6) is 0 Å². The summed E-state index contributed by atoms with van der Waals surface area (Å²) in [6.07, 6.45) is 26.6. The van der Waals surface area contributed by atoms with E-state index in [1.807, 2.05) is 5.57 Å². The van der Waals surface area contributed by atoms with Gasteiger partial charge in [0.05, 0.1) is 0 Å². The number of hydrogen-bond acceptors (Lipinski definition) is 1. The zero-order valence-electron chi connectivity index (χ0n) is 20.1. The van der Waals surface area contributed by atoms with Crippen LogP contribution in [0.3, 0.4) is 0 Å². The van der Waals surface area contributed by atoms with Gasteiger partial charge in [0, 0.05) is 41.8 Å². The number of nitrogens with zero attached hydrogens (tertiary/aromatic N) is 2. The van der Waals surface area contributed by atoms with E-state index in [4.69, 9.17) is 0 Å². The second-order valence-electron chi connectivity index (χ2n) is 11.4. The molecule has 172 valence electrons. The summed E-state index contributed by atoms with van der Waals surface area (Å²) in [6, 6.07) is 11.2. The molecule has 0 spiro atoms. The van der Waals surface area contributed by atoms with Crippen LogP contribution in [0, 0.1) is 17.8 Å². The number of allylic oxidation sites excluding steroid dienone is 3. The van der Waals surface area contributed by atoms with Crippen molar-refractivity contribution in [3.05, 3.63) is 65.4 Å². The molecule has 33 heavy (non-hydrogen) atoms. The molecule has 1 aromatic carbocycles. The zero-order valence-corrected chi connectivity index (χ0v) is 20.1. The van der Waals surface area contributed by atoms with Crippen molar-refractivity contribution in [1.82, 2.24) is 9.47 Å². The van der Waals surface area contributed by atoms with Crippen molar-refractivity contribution in [3.8, 4) is 0 Å². The number of hydrogen-bond donors (Lipinski definition) is 0. The van der Waals surface area contributed by atoms with E-state index in [9.17, 15) is 0 Å². The number of likely N-dealkylation sites (tertiary alicyclic amines) is 1. The highest BCUT2D eigenvalue weighted by molar-refractivity contribution is 5.88. The molecule has 2 nitrogen and oxygen atoms in total. The molecule has 1 aromatic heterocycles. The van der Waals surface area contributed by atoms with E-state index < -0.39 is 0 Å². The number of rotatable bonds is 2. The first-order chi connectivity index (χ1) is 16.3. The molecule has 7 rings (SSSR count). The van der Waals surface area contributed by atoms with Gasteiger partial charge in [-0.1, -0.05) is 60.9 Å². The third kappa shape index (κ3) is 3.16. The largest absolute Gasteiger partial charge is 0.344 e. The predicted octanol–water partition coefficient (Wildman–Crippen LogP) is 7.05. The highest BCUT2D eigenvalue weighted by Gasteiger charge is 2.49. The highest BCUT2D eigenvalue weighted by atomic mass is 15.2. The molecular formula is C31H38N2. The summed E-state index contributed by atoms with van der Waals surface area (Å²) < 4.78 is 2.39. The normalized spacial score (nSPS) is 35.8. The van der Waals surface area contributed by atoms with E-state index in [0.717, 1.165) is 18.0 Å². The smallest absolute Gasteiger partial charge is 0.0485 e. The quantitative estimate of drug-likeness (QED) is 0.456. The Balaban J connectivity index is 1.20. The topological polar surface area (TPSA) is 8.17 Å². The average Bonchev–Trinajstić information content (AvgIpc) is 3.36. The van der Waals surface area contributed by atoms with Gasteiger partial charge in [-0.3, -0.25) is 4.90 Å². The predicted molar refractivity (Wildman–Crippen MR) is 138 cm³/mol. The molecule has 0 radical (unpaired) electrons. The Bertz CT molecular complexity index is 1150. The summed E-state index contributed by atoms with van der Waals surface area (Å²) in [5, 5.41) is 1.47. The zero-order chi connectivity index (χ0) is 21.9.